The van der Waals surface area contributed by atoms with Gasteiger partial charge in [0.15, 0.2) is 0 Å². The van der Waals surface area contributed by atoms with Crippen molar-refractivity contribution in [3.05, 3.63) is 29.3 Å². The molecular weight excluding hydrogens is 366 g/mol. The van der Waals surface area contributed by atoms with Gasteiger partial charge in [0.2, 0.25) is 15.9 Å². The highest BCUT2D eigenvalue weighted by molar-refractivity contribution is 7.89. The SMILES string of the molecule is COCCNC(=O)[C@H](C)N1CCN(S(=O)(=O)c2cccc(Cl)c2)CC1. The van der Waals surface area contributed by atoms with Gasteiger partial charge in [-0.25, -0.2) is 8.42 Å². The van der Waals surface area contributed by atoms with Crippen molar-refractivity contribution in [2.75, 3.05) is 46.4 Å². The molecule has 1 atom stereocenters. The number of carbonyl (C=O) groups excluding carboxylic acids is 1. The third kappa shape index (κ3) is 5.15. The second-order valence-electron chi connectivity index (χ2n) is 5.86. The van der Waals surface area contributed by atoms with E-state index < -0.39 is 10.0 Å². The predicted molar refractivity (Wildman–Crippen MR) is 96.1 cm³/mol. The first-order valence-corrected chi connectivity index (χ1v) is 9.94. The van der Waals surface area contributed by atoms with Crippen molar-refractivity contribution in [3.8, 4) is 0 Å². The van der Waals surface area contributed by atoms with Crippen LogP contribution in [0.3, 0.4) is 0 Å². The third-order valence-corrected chi connectivity index (χ3v) is 6.37. The number of rotatable bonds is 7. The number of amides is 1. The molecule has 1 aliphatic rings. The number of halogens is 1. The first kappa shape index (κ1) is 20.1. The molecular formula is C16H24ClN3O4S. The van der Waals surface area contributed by atoms with Crippen LogP contribution in [0.2, 0.25) is 5.02 Å². The third-order valence-electron chi connectivity index (χ3n) is 4.24. The van der Waals surface area contributed by atoms with Crippen LogP contribution in [0.15, 0.2) is 29.2 Å². The smallest absolute Gasteiger partial charge is 0.243 e. The number of methoxy groups -OCH3 is 1. The molecule has 7 nitrogen and oxygen atoms in total. The van der Waals surface area contributed by atoms with Crippen LogP contribution in [0, 0.1) is 0 Å². The van der Waals surface area contributed by atoms with Gasteiger partial charge >= 0.3 is 0 Å². The minimum Gasteiger partial charge on any atom is -0.383 e. The van der Waals surface area contributed by atoms with E-state index in [1.807, 2.05) is 11.8 Å². The number of hydrogen-bond donors (Lipinski definition) is 1. The lowest BCUT2D eigenvalue weighted by molar-refractivity contribution is -0.126. The Balaban J connectivity index is 1.93. The number of nitrogens with one attached hydrogen (secondary N) is 1. The van der Waals surface area contributed by atoms with E-state index in [9.17, 15) is 13.2 Å². The number of carbonyl (C=O) groups is 1. The molecule has 1 fully saturated rings. The van der Waals surface area contributed by atoms with Gasteiger partial charge in [0.1, 0.15) is 0 Å². The number of ether oxygens (including phenoxy) is 1. The Morgan fingerprint density at radius 3 is 2.60 bits per heavy atom. The summed E-state index contributed by atoms with van der Waals surface area (Å²) < 4.78 is 31.7. The van der Waals surface area contributed by atoms with Crippen molar-refractivity contribution in [2.45, 2.75) is 17.9 Å². The molecule has 1 aromatic carbocycles. The zero-order valence-corrected chi connectivity index (χ0v) is 16.0. The topological polar surface area (TPSA) is 79.0 Å². The summed E-state index contributed by atoms with van der Waals surface area (Å²) in [5, 5.41) is 3.19. The fraction of sp³-hybridized carbons (Fsp3) is 0.562. The molecule has 0 radical (unpaired) electrons. The molecule has 0 unspecified atom stereocenters. The van der Waals surface area contributed by atoms with E-state index in [4.69, 9.17) is 16.3 Å². The molecule has 0 spiro atoms. The Kier molecular flexibility index (Phi) is 7.21. The van der Waals surface area contributed by atoms with Gasteiger partial charge in [0.05, 0.1) is 17.5 Å². The minimum absolute atomic E-state index is 0.0804. The van der Waals surface area contributed by atoms with Gasteiger partial charge in [-0.3, -0.25) is 9.69 Å². The van der Waals surface area contributed by atoms with Gasteiger partial charge in [0.25, 0.3) is 0 Å². The molecule has 1 aliphatic heterocycles. The van der Waals surface area contributed by atoms with Crippen LogP contribution in [0.5, 0.6) is 0 Å². The Hall–Kier alpha value is -1.19. The Morgan fingerprint density at radius 1 is 1.32 bits per heavy atom. The maximum absolute atomic E-state index is 12.7. The number of nitrogens with zero attached hydrogens (tertiary/aromatic N) is 2. The second kappa shape index (κ2) is 8.95. The summed E-state index contributed by atoms with van der Waals surface area (Å²) in [4.78, 5) is 14.3. The zero-order valence-electron chi connectivity index (χ0n) is 14.4. The quantitative estimate of drug-likeness (QED) is 0.698. The van der Waals surface area contributed by atoms with Crippen molar-refractivity contribution in [3.63, 3.8) is 0 Å². The molecule has 1 saturated heterocycles. The highest BCUT2D eigenvalue weighted by Crippen LogP contribution is 2.21. The maximum Gasteiger partial charge on any atom is 0.243 e. The summed E-state index contributed by atoms with van der Waals surface area (Å²) in [6.07, 6.45) is 0. The van der Waals surface area contributed by atoms with E-state index >= 15 is 0 Å². The van der Waals surface area contributed by atoms with E-state index in [0.717, 1.165) is 0 Å². The summed E-state index contributed by atoms with van der Waals surface area (Å²) in [7, 11) is -1.99. The van der Waals surface area contributed by atoms with Crippen LogP contribution < -0.4 is 5.32 Å². The van der Waals surface area contributed by atoms with Crippen LogP contribution in [-0.4, -0.2) is 76.0 Å². The van der Waals surface area contributed by atoms with Crippen LogP contribution in [-0.2, 0) is 19.6 Å². The monoisotopic (exact) mass is 389 g/mol. The molecule has 140 valence electrons. The molecule has 1 aromatic rings. The minimum atomic E-state index is -3.57. The molecule has 1 heterocycles. The van der Waals surface area contributed by atoms with Gasteiger partial charge < -0.3 is 10.1 Å². The predicted octanol–water partition coefficient (Wildman–Crippen LogP) is 0.797. The zero-order chi connectivity index (χ0) is 18.4. The molecule has 0 saturated carbocycles. The molecule has 25 heavy (non-hydrogen) atoms. The number of piperazine rings is 1. The molecule has 1 amide bonds. The molecule has 9 heteroatoms. The number of hydrogen-bond acceptors (Lipinski definition) is 5. The standard InChI is InChI=1S/C16H24ClN3O4S/c1-13(16(21)18-6-11-24-2)19-7-9-20(10-8-19)25(22,23)15-5-3-4-14(17)12-15/h3-5,12-13H,6-11H2,1-2H3,(H,18,21)/t13-/m0/s1. The van der Waals surface area contributed by atoms with Crippen LogP contribution in [0.1, 0.15) is 6.92 Å². The molecule has 0 bridgehead atoms. The fourth-order valence-electron chi connectivity index (χ4n) is 2.70. The Morgan fingerprint density at radius 2 is 2.00 bits per heavy atom. The van der Waals surface area contributed by atoms with E-state index in [1.54, 1.807) is 25.3 Å². The first-order valence-electron chi connectivity index (χ1n) is 8.12. The average molecular weight is 390 g/mol. The lowest BCUT2D eigenvalue weighted by Gasteiger charge is -2.36. The molecule has 1 N–H and O–H groups in total. The number of sulfonamides is 1. The summed E-state index contributed by atoms with van der Waals surface area (Å²) in [6.45, 7) is 4.42. The molecule has 0 aliphatic carbocycles. The van der Waals surface area contributed by atoms with Gasteiger partial charge in [-0.2, -0.15) is 4.31 Å². The van der Waals surface area contributed by atoms with Crippen LogP contribution >= 0.6 is 11.6 Å². The van der Waals surface area contributed by atoms with Crippen molar-refractivity contribution in [1.82, 2.24) is 14.5 Å². The fourth-order valence-corrected chi connectivity index (χ4v) is 4.42. The van der Waals surface area contributed by atoms with Crippen molar-refractivity contribution < 1.29 is 17.9 Å². The van der Waals surface area contributed by atoms with Crippen molar-refractivity contribution in [1.29, 1.82) is 0 Å². The summed E-state index contributed by atoms with van der Waals surface area (Å²) >= 11 is 5.90. The van der Waals surface area contributed by atoms with Gasteiger partial charge in [-0.05, 0) is 25.1 Å². The maximum atomic E-state index is 12.7. The Bertz CT molecular complexity index is 690. The van der Waals surface area contributed by atoms with Gasteiger partial charge in [-0.1, -0.05) is 17.7 Å². The highest BCUT2D eigenvalue weighted by Gasteiger charge is 2.31. The van der Waals surface area contributed by atoms with Crippen LogP contribution in [0.4, 0.5) is 0 Å². The summed E-state index contributed by atoms with van der Waals surface area (Å²) in [6, 6.07) is 5.95. The summed E-state index contributed by atoms with van der Waals surface area (Å²) in [5.41, 5.74) is 0. The largest absolute Gasteiger partial charge is 0.383 e. The van der Waals surface area contributed by atoms with E-state index in [2.05, 4.69) is 5.32 Å². The highest BCUT2D eigenvalue weighted by atomic mass is 35.5. The number of benzene rings is 1. The first-order chi connectivity index (χ1) is 11.9. The van der Waals surface area contributed by atoms with E-state index in [-0.39, 0.29) is 16.8 Å². The van der Waals surface area contributed by atoms with E-state index in [1.165, 1.54) is 10.4 Å². The van der Waals surface area contributed by atoms with Crippen molar-refractivity contribution in [2.24, 2.45) is 0 Å². The molecule has 2 rings (SSSR count). The lowest BCUT2D eigenvalue weighted by atomic mass is 10.2. The lowest BCUT2D eigenvalue weighted by Crippen LogP contribution is -2.55. The van der Waals surface area contributed by atoms with E-state index in [0.29, 0.717) is 44.4 Å². The average Bonchev–Trinajstić information content (AvgIpc) is 2.61. The van der Waals surface area contributed by atoms with Crippen molar-refractivity contribution >= 4 is 27.5 Å². The molecule has 0 aromatic heterocycles. The second-order valence-corrected chi connectivity index (χ2v) is 8.23. The van der Waals surface area contributed by atoms with Gasteiger partial charge in [-0.15, -0.1) is 0 Å². The van der Waals surface area contributed by atoms with Gasteiger partial charge in [0, 0.05) is 44.9 Å². The van der Waals surface area contributed by atoms with Crippen LogP contribution in [0.25, 0.3) is 0 Å². The summed E-state index contributed by atoms with van der Waals surface area (Å²) in [5.74, 6) is -0.0804. The normalized spacial score (nSPS) is 18.0. The Labute approximate surface area is 153 Å².